The van der Waals surface area contributed by atoms with Gasteiger partial charge in [0.1, 0.15) is 11.4 Å². The summed E-state index contributed by atoms with van der Waals surface area (Å²) in [7, 11) is 0. The fraction of sp³-hybridized carbons (Fsp3) is 0.158. The number of rotatable bonds is 4. The van der Waals surface area contributed by atoms with Gasteiger partial charge in [-0.3, -0.25) is 4.79 Å². The number of aromatic amines is 1. The van der Waals surface area contributed by atoms with Crippen molar-refractivity contribution in [3.63, 3.8) is 0 Å². The van der Waals surface area contributed by atoms with Crippen LogP contribution in [0.4, 0.5) is 4.39 Å². The number of ether oxygens (including phenoxy) is 1. The van der Waals surface area contributed by atoms with Crippen molar-refractivity contribution < 1.29 is 18.7 Å². The van der Waals surface area contributed by atoms with Gasteiger partial charge in [-0.25, -0.2) is 9.18 Å². The van der Waals surface area contributed by atoms with Gasteiger partial charge in [0.15, 0.2) is 6.10 Å². The molecule has 0 saturated heterocycles. The summed E-state index contributed by atoms with van der Waals surface area (Å²) in [4.78, 5) is 28.1. The molecule has 1 aromatic heterocycles. The molecule has 0 aliphatic heterocycles. The van der Waals surface area contributed by atoms with Gasteiger partial charge in [0.25, 0.3) is 0 Å². The van der Waals surface area contributed by atoms with E-state index in [9.17, 15) is 14.0 Å². The lowest BCUT2D eigenvalue weighted by Crippen LogP contribution is -2.25. The summed E-state index contributed by atoms with van der Waals surface area (Å²) in [5.74, 6) is -2.13. The van der Waals surface area contributed by atoms with Crippen molar-refractivity contribution in [1.29, 1.82) is 0 Å². The van der Waals surface area contributed by atoms with Crippen LogP contribution in [0.25, 0.3) is 10.9 Å². The standard InChI is InChI=1S/C19H15ClFNO3/c1-10-16(12-6-3-4-9-15(12)22-10)18(23)11(2)25-19(24)17-13(20)7-5-8-14(17)21/h3-9,11,22H,1-2H3. The van der Waals surface area contributed by atoms with Crippen LogP contribution in [-0.2, 0) is 4.74 Å². The van der Waals surface area contributed by atoms with Crippen LogP contribution in [0.1, 0.15) is 33.3 Å². The van der Waals surface area contributed by atoms with E-state index in [1.54, 1.807) is 6.92 Å². The largest absolute Gasteiger partial charge is 0.451 e. The topological polar surface area (TPSA) is 59.2 Å². The minimum Gasteiger partial charge on any atom is -0.451 e. The van der Waals surface area contributed by atoms with Gasteiger partial charge in [0.2, 0.25) is 5.78 Å². The minimum atomic E-state index is -1.08. The van der Waals surface area contributed by atoms with E-state index in [4.69, 9.17) is 16.3 Å². The maximum Gasteiger partial charge on any atom is 0.343 e. The molecule has 1 heterocycles. The molecular formula is C19H15ClFNO3. The Morgan fingerprint density at radius 3 is 2.56 bits per heavy atom. The van der Waals surface area contributed by atoms with E-state index in [-0.39, 0.29) is 16.4 Å². The molecule has 1 N–H and O–H groups in total. The number of fused-ring (bicyclic) bond motifs is 1. The van der Waals surface area contributed by atoms with Gasteiger partial charge < -0.3 is 9.72 Å². The van der Waals surface area contributed by atoms with Crippen LogP contribution < -0.4 is 0 Å². The van der Waals surface area contributed by atoms with Crippen molar-refractivity contribution >= 4 is 34.3 Å². The monoisotopic (exact) mass is 359 g/mol. The first-order chi connectivity index (χ1) is 11.9. The zero-order valence-corrected chi connectivity index (χ0v) is 14.4. The van der Waals surface area contributed by atoms with Crippen LogP contribution in [0.5, 0.6) is 0 Å². The van der Waals surface area contributed by atoms with Gasteiger partial charge in [-0.1, -0.05) is 35.9 Å². The number of benzene rings is 2. The number of carbonyl (C=O) groups excluding carboxylic acids is 2. The molecule has 1 unspecified atom stereocenters. The van der Waals surface area contributed by atoms with Crippen molar-refractivity contribution in [2.45, 2.75) is 20.0 Å². The number of aromatic nitrogens is 1. The molecule has 0 saturated carbocycles. The molecule has 2 aromatic carbocycles. The number of nitrogens with one attached hydrogen (secondary N) is 1. The van der Waals surface area contributed by atoms with E-state index < -0.39 is 17.9 Å². The molecular weight excluding hydrogens is 345 g/mol. The van der Waals surface area contributed by atoms with Crippen molar-refractivity contribution in [1.82, 2.24) is 4.98 Å². The van der Waals surface area contributed by atoms with Gasteiger partial charge in [-0.15, -0.1) is 0 Å². The number of halogens is 2. The maximum atomic E-state index is 13.8. The third kappa shape index (κ3) is 3.15. The Morgan fingerprint density at radius 2 is 1.84 bits per heavy atom. The maximum absolute atomic E-state index is 13.8. The highest BCUT2D eigenvalue weighted by Crippen LogP contribution is 2.25. The van der Waals surface area contributed by atoms with Crippen LogP contribution >= 0.6 is 11.6 Å². The number of carbonyl (C=O) groups is 2. The molecule has 0 aliphatic carbocycles. The highest BCUT2D eigenvalue weighted by Gasteiger charge is 2.26. The molecule has 1 atom stereocenters. The second-order valence-electron chi connectivity index (χ2n) is 5.68. The normalized spacial score (nSPS) is 12.2. The number of aryl methyl sites for hydroxylation is 1. The molecule has 3 aromatic rings. The lowest BCUT2D eigenvalue weighted by Gasteiger charge is -2.13. The SMILES string of the molecule is Cc1[nH]c2ccccc2c1C(=O)C(C)OC(=O)c1c(F)cccc1Cl. The van der Waals surface area contributed by atoms with Crippen molar-refractivity contribution in [2.75, 3.05) is 0 Å². The summed E-state index contributed by atoms with van der Waals surface area (Å²) in [6.45, 7) is 3.23. The number of esters is 1. The number of para-hydroxylation sites is 1. The van der Waals surface area contributed by atoms with Gasteiger partial charge in [-0.2, -0.15) is 0 Å². The molecule has 0 aliphatic rings. The van der Waals surface area contributed by atoms with Crippen molar-refractivity contribution in [2.24, 2.45) is 0 Å². The number of hydrogen-bond acceptors (Lipinski definition) is 3. The molecule has 0 amide bonds. The van der Waals surface area contributed by atoms with E-state index in [0.717, 1.165) is 17.0 Å². The lowest BCUT2D eigenvalue weighted by molar-refractivity contribution is 0.0315. The average molecular weight is 360 g/mol. The lowest BCUT2D eigenvalue weighted by atomic mass is 10.0. The van der Waals surface area contributed by atoms with Gasteiger partial charge >= 0.3 is 5.97 Å². The predicted octanol–water partition coefficient (Wildman–Crippen LogP) is 4.70. The highest BCUT2D eigenvalue weighted by atomic mass is 35.5. The van der Waals surface area contributed by atoms with Gasteiger partial charge in [0.05, 0.1) is 5.02 Å². The molecule has 0 fully saturated rings. The molecule has 0 radical (unpaired) electrons. The minimum absolute atomic E-state index is 0.0621. The number of hydrogen-bond donors (Lipinski definition) is 1. The zero-order chi connectivity index (χ0) is 18.1. The van der Waals surface area contributed by atoms with Gasteiger partial charge in [-0.05, 0) is 32.0 Å². The third-order valence-corrected chi connectivity index (χ3v) is 4.27. The fourth-order valence-electron chi connectivity index (χ4n) is 2.76. The Morgan fingerprint density at radius 1 is 1.12 bits per heavy atom. The summed E-state index contributed by atoms with van der Waals surface area (Å²) in [6, 6.07) is 11.2. The summed E-state index contributed by atoms with van der Waals surface area (Å²) in [6.07, 6.45) is -1.08. The number of H-pyrrole nitrogens is 1. The predicted molar refractivity (Wildman–Crippen MR) is 93.7 cm³/mol. The first-order valence-electron chi connectivity index (χ1n) is 7.66. The summed E-state index contributed by atoms with van der Waals surface area (Å²) < 4.78 is 19.0. The van der Waals surface area contributed by atoms with Crippen LogP contribution in [0.15, 0.2) is 42.5 Å². The number of Topliss-reactive ketones (excluding diaryl/α,β-unsaturated/α-hetero) is 1. The summed E-state index contributed by atoms with van der Waals surface area (Å²) in [5, 5.41) is 0.685. The molecule has 3 rings (SSSR count). The summed E-state index contributed by atoms with van der Waals surface area (Å²) in [5.41, 5.74) is 1.58. The smallest absolute Gasteiger partial charge is 0.343 e. The van der Waals surface area contributed by atoms with Crippen LogP contribution in [-0.4, -0.2) is 22.8 Å². The first-order valence-corrected chi connectivity index (χ1v) is 8.04. The van der Waals surface area contributed by atoms with Gasteiger partial charge in [0, 0.05) is 22.2 Å². The summed E-state index contributed by atoms with van der Waals surface area (Å²) >= 11 is 5.86. The van der Waals surface area contributed by atoms with Crippen molar-refractivity contribution in [3.05, 3.63) is 70.1 Å². The van der Waals surface area contributed by atoms with E-state index >= 15 is 0 Å². The Kier molecular flexibility index (Phi) is 4.59. The zero-order valence-electron chi connectivity index (χ0n) is 13.6. The Bertz CT molecular complexity index is 960. The van der Waals surface area contributed by atoms with E-state index in [0.29, 0.717) is 11.3 Å². The van der Waals surface area contributed by atoms with E-state index in [2.05, 4.69) is 4.98 Å². The van der Waals surface area contributed by atoms with Crippen molar-refractivity contribution in [3.8, 4) is 0 Å². The Labute approximate surface area is 148 Å². The van der Waals surface area contributed by atoms with Crippen LogP contribution in [0, 0.1) is 12.7 Å². The van der Waals surface area contributed by atoms with Crippen LogP contribution in [0.2, 0.25) is 5.02 Å². The molecule has 25 heavy (non-hydrogen) atoms. The Hall–Kier alpha value is -2.66. The Balaban J connectivity index is 1.88. The van der Waals surface area contributed by atoms with E-state index in [1.165, 1.54) is 19.1 Å². The van der Waals surface area contributed by atoms with Crippen LogP contribution in [0.3, 0.4) is 0 Å². The highest BCUT2D eigenvalue weighted by molar-refractivity contribution is 6.33. The van der Waals surface area contributed by atoms with E-state index in [1.807, 2.05) is 24.3 Å². The quantitative estimate of drug-likeness (QED) is 0.542. The molecule has 0 spiro atoms. The second-order valence-corrected chi connectivity index (χ2v) is 6.09. The fourth-order valence-corrected chi connectivity index (χ4v) is 3.00. The first kappa shape index (κ1) is 17.2. The second kappa shape index (κ2) is 6.69. The molecule has 128 valence electrons. The molecule has 4 nitrogen and oxygen atoms in total. The third-order valence-electron chi connectivity index (χ3n) is 3.96. The molecule has 6 heteroatoms. The average Bonchev–Trinajstić information content (AvgIpc) is 2.89. The molecule has 0 bridgehead atoms. The number of ketones is 1.